The first-order chi connectivity index (χ1) is 7.34. The second-order valence-electron chi connectivity index (χ2n) is 3.40. The molecule has 0 spiro atoms. The predicted molar refractivity (Wildman–Crippen MR) is 65.1 cm³/mol. The van der Waals surface area contributed by atoms with Crippen LogP contribution in [0.25, 0.3) is 0 Å². The van der Waals surface area contributed by atoms with E-state index >= 15 is 0 Å². The van der Waals surface area contributed by atoms with Gasteiger partial charge < -0.3 is 16.0 Å². The van der Waals surface area contributed by atoms with Gasteiger partial charge in [0.25, 0.3) is 0 Å². The fourth-order valence-electron chi connectivity index (χ4n) is 1.38. The lowest BCUT2D eigenvalue weighted by atomic mass is 10.2. The van der Waals surface area contributed by atoms with Gasteiger partial charge in [0.2, 0.25) is 0 Å². The van der Waals surface area contributed by atoms with Crippen LogP contribution in [0.15, 0.2) is 28.5 Å². The van der Waals surface area contributed by atoms with Gasteiger partial charge in [-0.1, -0.05) is 6.08 Å². The van der Waals surface area contributed by atoms with Crippen molar-refractivity contribution in [1.29, 1.82) is 0 Å². The van der Waals surface area contributed by atoms with Crippen LogP contribution < -0.4 is 16.0 Å². The van der Waals surface area contributed by atoms with Crippen molar-refractivity contribution in [2.24, 2.45) is 4.99 Å². The number of allylic oxidation sites excluding steroid dienone is 3. The highest BCUT2D eigenvalue weighted by Gasteiger charge is 1.96. The first-order valence-corrected chi connectivity index (χ1v) is 5.34. The van der Waals surface area contributed by atoms with E-state index in [0.717, 1.165) is 32.0 Å². The maximum atomic E-state index is 4.25. The second-order valence-corrected chi connectivity index (χ2v) is 3.40. The van der Waals surface area contributed by atoms with Crippen molar-refractivity contribution in [2.75, 3.05) is 33.2 Å². The van der Waals surface area contributed by atoms with E-state index in [1.54, 1.807) is 0 Å². The molecule has 4 nitrogen and oxygen atoms in total. The topological polar surface area (TPSA) is 48.5 Å². The molecule has 3 N–H and O–H groups in total. The van der Waals surface area contributed by atoms with Gasteiger partial charge in [0, 0.05) is 32.9 Å². The van der Waals surface area contributed by atoms with Crippen molar-refractivity contribution >= 4 is 6.21 Å². The second kappa shape index (κ2) is 7.06. The van der Waals surface area contributed by atoms with Crippen LogP contribution in [-0.2, 0) is 0 Å². The van der Waals surface area contributed by atoms with Crippen molar-refractivity contribution in [3.05, 3.63) is 23.5 Å². The molecule has 0 amide bonds. The molecule has 0 fully saturated rings. The number of hydrogen-bond acceptors (Lipinski definition) is 4. The van der Waals surface area contributed by atoms with Gasteiger partial charge in [-0.15, -0.1) is 0 Å². The molecular formula is C11H20N4. The first kappa shape index (κ1) is 11.8. The monoisotopic (exact) mass is 208 g/mol. The van der Waals surface area contributed by atoms with E-state index in [1.165, 1.54) is 5.57 Å². The number of nitrogens with one attached hydrogen (secondary N) is 3. The van der Waals surface area contributed by atoms with Crippen molar-refractivity contribution < 1.29 is 0 Å². The molecule has 1 aliphatic rings. The summed E-state index contributed by atoms with van der Waals surface area (Å²) in [5, 5.41) is 9.81. The van der Waals surface area contributed by atoms with Crippen LogP contribution in [-0.4, -0.2) is 39.4 Å². The zero-order valence-electron chi connectivity index (χ0n) is 9.51. The Hall–Kier alpha value is -1.29. The number of hydrogen-bond donors (Lipinski definition) is 3. The molecule has 4 heteroatoms. The van der Waals surface area contributed by atoms with E-state index in [2.05, 4.69) is 33.9 Å². The lowest BCUT2D eigenvalue weighted by molar-refractivity contribution is 0.636. The lowest BCUT2D eigenvalue weighted by Crippen LogP contribution is -2.32. The molecule has 84 valence electrons. The Labute approximate surface area is 91.5 Å². The van der Waals surface area contributed by atoms with Gasteiger partial charge in [-0.3, -0.25) is 4.99 Å². The molecule has 0 aromatic rings. The van der Waals surface area contributed by atoms with Gasteiger partial charge in [0.05, 0.1) is 6.54 Å². The number of rotatable bonds is 1. The van der Waals surface area contributed by atoms with Crippen LogP contribution in [0.1, 0.15) is 6.92 Å². The third-order valence-electron chi connectivity index (χ3n) is 2.20. The normalized spacial score (nSPS) is 26.0. The zero-order chi connectivity index (χ0) is 10.9. The Kier molecular flexibility index (Phi) is 5.55. The molecule has 0 atom stereocenters. The molecule has 1 aliphatic heterocycles. The predicted octanol–water partition coefficient (Wildman–Crippen LogP) is 0.257. The Morgan fingerprint density at radius 3 is 3.00 bits per heavy atom. The smallest absolute Gasteiger partial charge is 0.101 e. The van der Waals surface area contributed by atoms with Crippen LogP contribution in [0.4, 0.5) is 0 Å². The highest BCUT2D eigenvalue weighted by atomic mass is 15.1. The summed E-state index contributed by atoms with van der Waals surface area (Å²) in [5.41, 5.74) is 1.18. The molecule has 0 saturated heterocycles. The van der Waals surface area contributed by atoms with Crippen LogP contribution in [0.3, 0.4) is 0 Å². The van der Waals surface area contributed by atoms with Crippen LogP contribution in [0.2, 0.25) is 0 Å². The van der Waals surface area contributed by atoms with E-state index in [9.17, 15) is 0 Å². The minimum atomic E-state index is 0.839. The van der Waals surface area contributed by atoms with Crippen molar-refractivity contribution in [1.82, 2.24) is 16.0 Å². The van der Waals surface area contributed by atoms with Gasteiger partial charge >= 0.3 is 0 Å². The molecule has 15 heavy (non-hydrogen) atoms. The summed E-state index contributed by atoms with van der Waals surface area (Å²) in [6, 6.07) is 0. The highest BCUT2D eigenvalue weighted by Crippen LogP contribution is 1.98. The SMILES string of the molecule is CN/C1=C(C)/C=C\C=NCCNCCN1. The van der Waals surface area contributed by atoms with E-state index in [4.69, 9.17) is 0 Å². The van der Waals surface area contributed by atoms with Crippen molar-refractivity contribution in [3.63, 3.8) is 0 Å². The fourth-order valence-corrected chi connectivity index (χ4v) is 1.38. The van der Waals surface area contributed by atoms with Gasteiger partial charge in [-0.05, 0) is 18.6 Å². The van der Waals surface area contributed by atoms with Gasteiger partial charge in [0.15, 0.2) is 0 Å². The molecule has 0 aliphatic carbocycles. The Morgan fingerprint density at radius 1 is 1.33 bits per heavy atom. The molecular weight excluding hydrogens is 188 g/mol. The Morgan fingerprint density at radius 2 is 2.20 bits per heavy atom. The van der Waals surface area contributed by atoms with E-state index in [1.807, 2.05) is 19.3 Å². The Balaban J connectivity index is 2.67. The van der Waals surface area contributed by atoms with Crippen molar-refractivity contribution in [3.8, 4) is 0 Å². The molecule has 0 saturated carbocycles. The molecule has 0 aromatic carbocycles. The summed E-state index contributed by atoms with van der Waals surface area (Å²) < 4.78 is 0. The molecule has 0 unspecified atom stereocenters. The maximum absolute atomic E-state index is 4.25. The Bertz CT molecular complexity index is 266. The molecule has 0 aromatic heterocycles. The number of nitrogens with zero attached hydrogens (tertiary/aromatic N) is 1. The maximum Gasteiger partial charge on any atom is 0.101 e. The first-order valence-electron chi connectivity index (χ1n) is 5.34. The molecule has 0 radical (unpaired) electrons. The summed E-state index contributed by atoms with van der Waals surface area (Å²) in [6.07, 6.45) is 5.87. The fraction of sp³-hybridized carbons (Fsp3) is 0.545. The third kappa shape index (κ3) is 4.65. The van der Waals surface area contributed by atoms with E-state index in [-0.39, 0.29) is 0 Å². The number of aliphatic imine (C=N–C) groups is 1. The summed E-state index contributed by atoms with van der Waals surface area (Å²) in [4.78, 5) is 4.25. The summed E-state index contributed by atoms with van der Waals surface area (Å²) in [7, 11) is 1.92. The zero-order valence-corrected chi connectivity index (χ0v) is 9.51. The molecule has 1 rings (SSSR count). The van der Waals surface area contributed by atoms with Crippen LogP contribution in [0.5, 0.6) is 0 Å². The van der Waals surface area contributed by atoms with E-state index < -0.39 is 0 Å². The molecule has 1 heterocycles. The van der Waals surface area contributed by atoms with Crippen LogP contribution in [0, 0.1) is 0 Å². The quantitative estimate of drug-likeness (QED) is 0.579. The van der Waals surface area contributed by atoms with Gasteiger partial charge in [-0.25, -0.2) is 0 Å². The average molecular weight is 208 g/mol. The van der Waals surface area contributed by atoms with Crippen LogP contribution >= 0.6 is 0 Å². The minimum Gasteiger partial charge on any atom is -0.375 e. The lowest BCUT2D eigenvalue weighted by Gasteiger charge is -2.13. The summed E-state index contributed by atoms with van der Waals surface area (Å²) in [5.74, 6) is 1.07. The van der Waals surface area contributed by atoms with Gasteiger partial charge in [0.1, 0.15) is 5.82 Å². The van der Waals surface area contributed by atoms with Gasteiger partial charge in [-0.2, -0.15) is 0 Å². The summed E-state index contributed by atoms with van der Waals surface area (Å²) in [6.45, 7) is 5.72. The average Bonchev–Trinajstić information content (AvgIpc) is 2.23. The summed E-state index contributed by atoms with van der Waals surface area (Å²) >= 11 is 0. The standard InChI is InChI=1S/C11H20N4/c1-10-4-3-5-13-6-7-14-8-9-15-11(10)12-2/h3-5,12,14-15H,6-9H2,1-2H3/b4-3-,11-10-,13-5?. The van der Waals surface area contributed by atoms with E-state index in [0.29, 0.717) is 0 Å². The molecule has 0 bridgehead atoms. The van der Waals surface area contributed by atoms with Crippen molar-refractivity contribution in [2.45, 2.75) is 6.92 Å². The third-order valence-corrected chi connectivity index (χ3v) is 2.20. The highest BCUT2D eigenvalue weighted by molar-refractivity contribution is 5.71. The minimum absolute atomic E-state index is 0.839. The largest absolute Gasteiger partial charge is 0.375 e.